The van der Waals surface area contributed by atoms with Crippen molar-refractivity contribution in [2.24, 2.45) is 0 Å². The average Bonchev–Trinajstić information content (AvgIpc) is 3.81. The van der Waals surface area contributed by atoms with Crippen molar-refractivity contribution in [2.45, 2.75) is 123 Å². The number of aliphatic hydroxyl groups excluding tert-OH is 1. The second-order valence-corrected chi connectivity index (χ2v) is 12.0. The molecule has 0 amide bonds. The minimum absolute atomic E-state index is 0.263. The highest BCUT2D eigenvalue weighted by molar-refractivity contribution is 5.92. The summed E-state index contributed by atoms with van der Waals surface area (Å²) < 4.78 is 340. The van der Waals surface area contributed by atoms with Crippen molar-refractivity contribution in [2.75, 3.05) is 26.4 Å². The van der Waals surface area contributed by atoms with Crippen molar-refractivity contribution in [3.8, 4) is 0 Å². The van der Waals surface area contributed by atoms with Crippen LogP contribution in [0.4, 0.5) is 114 Å². The van der Waals surface area contributed by atoms with Gasteiger partial charge in [-0.05, 0) is 12.8 Å². The van der Waals surface area contributed by atoms with Gasteiger partial charge in [0.2, 0.25) is 0 Å². The van der Waals surface area contributed by atoms with Gasteiger partial charge in [0.25, 0.3) is 0 Å². The van der Waals surface area contributed by atoms with Crippen LogP contribution in [0.15, 0.2) is 0 Å². The predicted octanol–water partition coefficient (Wildman–Crippen LogP) is 9.28. The largest absolute Gasteiger partial charge is 0.481 e. The van der Waals surface area contributed by atoms with Gasteiger partial charge < -0.3 is 24.4 Å². The molecule has 2 saturated heterocycles. The average molecular weight is 1000 g/mol. The van der Waals surface area contributed by atoms with Crippen molar-refractivity contribution < 1.29 is 158 Å². The molecule has 2 N–H and O–H groups in total. The molecule has 63 heavy (non-hydrogen) atoms. The van der Waals surface area contributed by atoms with Gasteiger partial charge in [0.1, 0.15) is 0 Å². The summed E-state index contributed by atoms with van der Waals surface area (Å²) in [5, 5.41) is 16.1. The highest BCUT2D eigenvalue weighted by atomic mass is 19.4. The lowest BCUT2D eigenvalue weighted by Crippen LogP contribution is -2.70. The summed E-state index contributed by atoms with van der Waals surface area (Å²) in [6.07, 6.45) is -19.0. The van der Waals surface area contributed by atoms with E-state index < -0.39 is 134 Å². The van der Waals surface area contributed by atoms with Crippen molar-refractivity contribution >= 4 is 23.9 Å². The number of alkyl halides is 26. The van der Waals surface area contributed by atoms with Gasteiger partial charge in [-0.25, -0.2) is 0 Å². The fourth-order valence-electron chi connectivity index (χ4n) is 3.58. The van der Waals surface area contributed by atoms with Crippen molar-refractivity contribution in [1.82, 2.24) is 0 Å². The first-order valence-corrected chi connectivity index (χ1v) is 15.9. The van der Waals surface area contributed by atoms with Crippen LogP contribution in [-0.4, -0.2) is 132 Å². The number of carboxylic acid groups (broad SMARTS) is 1. The normalized spacial score (nSPS) is 16.5. The number of carboxylic acids is 1. The second-order valence-electron chi connectivity index (χ2n) is 12.0. The Morgan fingerprint density at radius 3 is 1.05 bits per heavy atom. The fourth-order valence-corrected chi connectivity index (χ4v) is 3.58. The fraction of sp³-hybridized carbons (Fsp3) is 0.857. The molecule has 0 atom stereocenters. The summed E-state index contributed by atoms with van der Waals surface area (Å²) in [5.41, 5.74) is 0. The van der Waals surface area contributed by atoms with E-state index in [9.17, 15) is 133 Å². The maximum absolute atomic E-state index is 13.3. The van der Waals surface area contributed by atoms with E-state index in [1.807, 2.05) is 0 Å². The number of ether oxygens (including phenoxy) is 3. The standard InChI is InChI=1S/C12H9F13O4.C8H5F13O.C4H4O3.C4H8O/c13-7(14,3-4-29-6(28)2-1-5(26)27)8(15,16)9(17,18)10(19,20)11(21,22)12(23,24)25;9-3(10,1-2-22)4(11,12)5(13,14)6(15,16)7(17,18)8(19,20)21;5-3-1-2-4(6)7-3;1-2-4-5-3-1/h1-4H2,(H,26,27);22H,1-2H2;1-2H2;1-4H2. The lowest BCUT2D eigenvalue weighted by Gasteiger charge is -2.39. The number of hydrogen-bond donors (Lipinski definition) is 2. The van der Waals surface area contributed by atoms with Crippen LogP contribution in [0.5, 0.6) is 0 Å². The van der Waals surface area contributed by atoms with E-state index in [1.165, 1.54) is 12.8 Å². The van der Waals surface area contributed by atoms with Crippen molar-refractivity contribution in [3.63, 3.8) is 0 Å². The third-order valence-electron chi connectivity index (χ3n) is 7.23. The first-order chi connectivity index (χ1) is 27.7. The molecule has 9 nitrogen and oxygen atoms in total. The predicted molar refractivity (Wildman–Crippen MR) is 146 cm³/mol. The molecule has 0 radical (unpaired) electrons. The van der Waals surface area contributed by atoms with Crippen LogP contribution < -0.4 is 0 Å². The van der Waals surface area contributed by atoms with Crippen LogP contribution in [0.1, 0.15) is 51.4 Å². The number of rotatable bonds is 16. The molecule has 0 aromatic carbocycles. The zero-order valence-electron chi connectivity index (χ0n) is 30.1. The molecule has 2 aliphatic heterocycles. The van der Waals surface area contributed by atoms with Crippen LogP contribution in [-0.2, 0) is 33.4 Å². The summed E-state index contributed by atoms with van der Waals surface area (Å²) in [4.78, 5) is 41.0. The van der Waals surface area contributed by atoms with E-state index in [1.54, 1.807) is 0 Å². The van der Waals surface area contributed by atoms with Crippen molar-refractivity contribution in [3.05, 3.63) is 0 Å². The minimum atomic E-state index is -8.00. The van der Waals surface area contributed by atoms with Crippen LogP contribution >= 0.6 is 0 Å². The lowest BCUT2D eigenvalue weighted by molar-refractivity contribution is -0.440. The van der Waals surface area contributed by atoms with E-state index in [0.717, 1.165) is 13.2 Å². The molecule has 0 aromatic heterocycles. The van der Waals surface area contributed by atoms with Gasteiger partial charge in [0.05, 0.1) is 38.7 Å². The van der Waals surface area contributed by atoms with Crippen LogP contribution in [0.2, 0.25) is 0 Å². The van der Waals surface area contributed by atoms with Gasteiger partial charge >= 0.3 is 95.5 Å². The molecule has 0 aromatic rings. The van der Waals surface area contributed by atoms with Crippen molar-refractivity contribution in [1.29, 1.82) is 0 Å². The zero-order chi connectivity index (χ0) is 50.9. The monoisotopic (exact) mass is 1000 g/mol. The Hall–Kier alpha value is -3.82. The first-order valence-electron chi connectivity index (χ1n) is 15.9. The molecule has 374 valence electrons. The summed E-state index contributed by atoms with van der Waals surface area (Å²) in [5.74, 6) is -78.4. The van der Waals surface area contributed by atoms with Crippen LogP contribution in [0, 0.1) is 0 Å². The number of carbonyl (C=O) groups is 4. The van der Waals surface area contributed by atoms with Gasteiger partial charge in [0, 0.05) is 26.2 Å². The SMILES string of the molecule is C1CCOC1.O=C(O)CCC(=O)OCCC(F)(F)C(F)(F)C(F)(F)C(F)(F)C(F)(F)C(F)(F)F.O=C1CCC(=O)O1.OCCC(F)(F)C(F)(F)C(F)(F)C(F)(F)C(F)(F)C(F)(F)F. The smallest absolute Gasteiger partial charge is 0.460 e. The Morgan fingerprint density at radius 2 is 0.810 bits per heavy atom. The number of halogens is 26. The molecule has 2 fully saturated rings. The molecule has 2 rings (SSSR count). The minimum Gasteiger partial charge on any atom is -0.481 e. The number of carbonyl (C=O) groups excluding carboxylic acids is 3. The van der Waals surface area contributed by atoms with Gasteiger partial charge in [-0.3, -0.25) is 19.2 Å². The molecule has 0 saturated carbocycles. The number of hydrogen-bond acceptors (Lipinski definition) is 8. The Bertz CT molecular complexity index is 1500. The maximum atomic E-state index is 13.3. The van der Waals surface area contributed by atoms with Gasteiger partial charge in [-0.1, -0.05) is 0 Å². The van der Waals surface area contributed by atoms with Gasteiger partial charge in [-0.2, -0.15) is 114 Å². The first kappa shape index (κ1) is 61.3. The van der Waals surface area contributed by atoms with Gasteiger partial charge in [-0.15, -0.1) is 0 Å². The second kappa shape index (κ2) is 21.0. The summed E-state index contributed by atoms with van der Waals surface area (Å²) >= 11 is 0. The van der Waals surface area contributed by atoms with E-state index in [4.69, 9.17) is 14.9 Å². The molecule has 0 unspecified atom stereocenters. The zero-order valence-corrected chi connectivity index (χ0v) is 30.1. The van der Waals surface area contributed by atoms with E-state index >= 15 is 0 Å². The Kier molecular flexibility index (Phi) is 20.4. The Balaban J connectivity index is 0. The number of esters is 3. The topological polar surface area (TPSA) is 136 Å². The van der Waals surface area contributed by atoms with E-state index in [2.05, 4.69) is 9.47 Å². The summed E-state index contributed by atoms with van der Waals surface area (Å²) in [7, 11) is 0. The van der Waals surface area contributed by atoms with Crippen LogP contribution in [0.25, 0.3) is 0 Å². The maximum Gasteiger partial charge on any atom is 0.460 e. The van der Waals surface area contributed by atoms with E-state index in [0.29, 0.717) is 0 Å². The van der Waals surface area contributed by atoms with Crippen LogP contribution in [0.3, 0.4) is 0 Å². The molecule has 35 heteroatoms. The molecular weight excluding hydrogens is 974 g/mol. The molecule has 0 aliphatic carbocycles. The number of cyclic esters (lactones) is 2. The summed E-state index contributed by atoms with van der Waals surface area (Å²) in [6, 6.07) is 0. The molecule has 0 spiro atoms. The third kappa shape index (κ3) is 13.6. The molecule has 0 bridgehead atoms. The Morgan fingerprint density at radius 1 is 0.492 bits per heavy atom. The molecule has 2 aliphatic rings. The number of aliphatic hydroxyl groups is 1. The lowest BCUT2D eigenvalue weighted by atomic mass is 9.93. The Labute approximate surface area is 331 Å². The highest BCUT2D eigenvalue weighted by Gasteiger charge is 2.92. The third-order valence-corrected chi connectivity index (χ3v) is 7.23. The van der Waals surface area contributed by atoms with Gasteiger partial charge in [0.15, 0.2) is 0 Å². The van der Waals surface area contributed by atoms with E-state index in [-0.39, 0.29) is 12.8 Å². The highest BCUT2D eigenvalue weighted by Crippen LogP contribution is 2.62. The molecule has 2 heterocycles. The number of aliphatic carboxylic acids is 1. The summed E-state index contributed by atoms with van der Waals surface area (Å²) in [6.45, 7) is -1.86. The molecular formula is C28H26F26O9. The quantitative estimate of drug-likeness (QED) is 0.0882.